The Balaban J connectivity index is 1.37. The monoisotopic (exact) mass is 433 g/mol. The van der Waals surface area contributed by atoms with Gasteiger partial charge in [0.1, 0.15) is 12.4 Å². The van der Waals surface area contributed by atoms with Crippen LogP contribution in [0, 0.1) is 0 Å². The standard InChI is InChI=1S/C24H27N5O3/c1-27(2)14-7-15-28-20-11-6-5-10-19(20)26-21(28)12-13-25-22(30)16-29-23(31)17-8-3-4-9-18(17)24(29)32/h3-6,8-11H,7,12-16H2,1-2H3,(H,25,30). The lowest BCUT2D eigenvalue weighted by Gasteiger charge is -2.14. The van der Waals surface area contributed by atoms with Crippen molar-refractivity contribution in [2.75, 3.05) is 33.7 Å². The van der Waals surface area contributed by atoms with Crippen molar-refractivity contribution in [3.05, 3.63) is 65.5 Å². The molecular formula is C24H27N5O3. The molecule has 0 radical (unpaired) electrons. The molecule has 1 aliphatic rings. The molecular weight excluding hydrogens is 406 g/mol. The summed E-state index contributed by atoms with van der Waals surface area (Å²) in [7, 11) is 4.10. The van der Waals surface area contributed by atoms with Crippen LogP contribution >= 0.6 is 0 Å². The molecule has 1 N–H and O–H groups in total. The fourth-order valence-corrected chi connectivity index (χ4v) is 4.01. The number of amides is 3. The van der Waals surface area contributed by atoms with Crippen molar-refractivity contribution in [1.82, 2.24) is 24.7 Å². The number of aryl methyl sites for hydroxylation is 1. The molecule has 0 aliphatic carbocycles. The second kappa shape index (κ2) is 9.32. The number of nitrogens with one attached hydrogen (secondary N) is 1. The maximum atomic E-state index is 12.4. The smallest absolute Gasteiger partial charge is 0.262 e. The van der Waals surface area contributed by atoms with E-state index < -0.39 is 11.8 Å². The fraction of sp³-hybridized carbons (Fsp3) is 0.333. The molecule has 0 saturated heterocycles. The number of hydrogen-bond donors (Lipinski definition) is 1. The number of para-hydroxylation sites is 2. The number of imidazole rings is 1. The molecule has 3 amide bonds. The van der Waals surface area contributed by atoms with Crippen LogP contribution in [0.15, 0.2) is 48.5 Å². The Kier molecular flexibility index (Phi) is 6.32. The molecule has 3 aromatic rings. The first-order valence-corrected chi connectivity index (χ1v) is 10.8. The number of rotatable bonds is 9. The molecule has 0 atom stereocenters. The molecule has 8 nitrogen and oxygen atoms in total. The summed E-state index contributed by atoms with van der Waals surface area (Å²) in [6.07, 6.45) is 1.55. The molecule has 0 unspecified atom stereocenters. The van der Waals surface area contributed by atoms with Gasteiger partial charge in [0.25, 0.3) is 11.8 Å². The highest BCUT2D eigenvalue weighted by Crippen LogP contribution is 2.22. The molecule has 1 aromatic heterocycles. The van der Waals surface area contributed by atoms with Crippen molar-refractivity contribution in [2.45, 2.75) is 19.4 Å². The average molecular weight is 434 g/mol. The summed E-state index contributed by atoms with van der Waals surface area (Å²) < 4.78 is 2.20. The van der Waals surface area contributed by atoms with E-state index >= 15 is 0 Å². The number of imide groups is 1. The number of fused-ring (bicyclic) bond motifs is 2. The van der Waals surface area contributed by atoms with Gasteiger partial charge in [0.05, 0.1) is 22.2 Å². The quantitative estimate of drug-likeness (QED) is 0.521. The Morgan fingerprint density at radius 1 is 1.00 bits per heavy atom. The van der Waals surface area contributed by atoms with Crippen LogP contribution in [0.25, 0.3) is 11.0 Å². The van der Waals surface area contributed by atoms with Crippen LogP contribution in [0.2, 0.25) is 0 Å². The number of hydrogen-bond acceptors (Lipinski definition) is 5. The predicted molar refractivity (Wildman–Crippen MR) is 121 cm³/mol. The zero-order chi connectivity index (χ0) is 22.7. The summed E-state index contributed by atoms with van der Waals surface area (Å²) in [5.41, 5.74) is 2.71. The van der Waals surface area contributed by atoms with Crippen LogP contribution in [0.1, 0.15) is 33.0 Å². The first kappa shape index (κ1) is 21.7. The summed E-state index contributed by atoms with van der Waals surface area (Å²) >= 11 is 0. The minimum Gasteiger partial charge on any atom is -0.354 e. The number of carbonyl (C=O) groups excluding carboxylic acids is 3. The molecule has 4 rings (SSSR count). The van der Waals surface area contributed by atoms with Crippen LogP contribution in [-0.2, 0) is 17.8 Å². The van der Waals surface area contributed by atoms with E-state index in [-0.39, 0.29) is 12.5 Å². The molecule has 0 bridgehead atoms. The Hall–Kier alpha value is -3.52. The topological polar surface area (TPSA) is 87.5 Å². The summed E-state index contributed by atoms with van der Waals surface area (Å²) in [6.45, 7) is 1.91. The van der Waals surface area contributed by atoms with Gasteiger partial charge in [-0.1, -0.05) is 24.3 Å². The lowest BCUT2D eigenvalue weighted by molar-refractivity contribution is -0.121. The van der Waals surface area contributed by atoms with E-state index in [1.54, 1.807) is 24.3 Å². The molecule has 32 heavy (non-hydrogen) atoms. The summed E-state index contributed by atoms with van der Waals surface area (Å²) in [6, 6.07) is 14.6. The van der Waals surface area contributed by atoms with Crippen LogP contribution < -0.4 is 5.32 Å². The van der Waals surface area contributed by atoms with E-state index in [0.717, 1.165) is 41.3 Å². The third-order valence-electron chi connectivity index (χ3n) is 5.57. The van der Waals surface area contributed by atoms with Crippen LogP contribution in [0.5, 0.6) is 0 Å². The molecule has 0 spiro atoms. The molecule has 2 aromatic carbocycles. The third kappa shape index (κ3) is 4.40. The molecule has 0 saturated carbocycles. The van der Waals surface area contributed by atoms with Gasteiger partial charge in [-0.3, -0.25) is 19.3 Å². The number of nitrogens with zero attached hydrogens (tertiary/aromatic N) is 4. The van der Waals surface area contributed by atoms with Gasteiger partial charge in [-0.05, 0) is 51.3 Å². The van der Waals surface area contributed by atoms with Crippen molar-refractivity contribution in [3.8, 4) is 0 Å². The SMILES string of the molecule is CN(C)CCCn1c(CCNC(=O)CN2C(=O)c3ccccc3C2=O)nc2ccccc21. The van der Waals surface area contributed by atoms with Crippen molar-refractivity contribution in [1.29, 1.82) is 0 Å². The first-order valence-electron chi connectivity index (χ1n) is 10.8. The van der Waals surface area contributed by atoms with E-state index in [0.29, 0.717) is 24.1 Å². The fourth-order valence-electron chi connectivity index (χ4n) is 4.01. The minimum absolute atomic E-state index is 0.286. The van der Waals surface area contributed by atoms with Crippen molar-refractivity contribution >= 4 is 28.8 Å². The van der Waals surface area contributed by atoms with Crippen molar-refractivity contribution in [3.63, 3.8) is 0 Å². The highest BCUT2D eigenvalue weighted by molar-refractivity contribution is 6.22. The summed E-state index contributed by atoms with van der Waals surface area (Å²) in [4.78, 5) is 45.2. The van der Waals surface area contributed by atoms with Crippen molar-refractivity contribution < 1.29 is 14.4 Å². The van der Waals surface area contributed by atoms with Gasteiger partial charge in [-0.2, -0.15) is 0 Å². The van der Waals surface area contributed by atoms with Gasteiger partial charge in [0, 0.05) is 19.5 Å². The number of aromatic nitrogens is 2. The number of benzene rings is 2. The maximum absolute atomic E-state index is 12.4. The first-order chi connectivity index (χ1) is 15.5. The van der Waals surface area contributed by atoms with Crippen LogP contribution in [0.3, 0.4) is 0 Å². The zero-order valence-corrected chi connectivity index (χ0v) is 18.4. The highest BCUT2D eigenvalue weighted by atomic mass is 16.2. The lowest BCUT2D eigenvalue weighted by Crippen LogP contribution is -2.41. The van der Waals surface area contributed by atoms with Gasteiger partial charge < -0.3 is 14.8 Å². The van der Waals surface area contributed by atoms with Crippen LogP contribution in [-0.4, -0.2) is 70.8 Å². The molecule has 8 heteroatoms. The third-order valence-corrected chi connectivity index (χ3v) is 5.57. The summed E-state index contributed by atoms with van der Waals surface area (Å²) in [5, 5.41) is 2.83. The van der Waals surface area contributed by atoms with E-state index in [1.807, 2.05) is 18.2 Å². The zero-order valence-electron chi connectivity index (χ0n) is 18.4. The summed E-state index contributed by atoms with van der Waals surface area (Å²) in [5.74, 6) is -0.312. The second-order valence-corrected chi connectivity index (χ2v) is 8.17. The maximum Gasteiger partial charge on any atom is 0.262 e. The van der Waals surface area contributed by atoms with E-state index in [1.165, 1.54) is 0 Å². The Labute approximate surface area is 186 Å². The lowest BCUT2D eigenvalue weighted by atomic mass is 10.1. The molecule has 0 fully saturated rings. The Bertz CT molecular complexity index is 1130. The van der Waals surface area contributed by atoms with Crippen LogP contribution in [0.4, 0.5) is 0 Å². The number of carbonyl (C=O) groups is 3. The Morgan fingerprint density at radius 2 is 1.66 bits per heavy atom. The van der Waals surface area contributed by atoms with Crippen molar-refractivity contribution in [2.24, 2.45) is 0 Å². The van der Waals surface area contributed by atoms with Gasteiger partial charge >= 0.3 is 0 Å². The van der Waals surface area contributed by atoms with E-state index in [4.69, 9.17) is 4.98 Å². The van der Waals surface area contributed by atoms with Gasteiger partial charge in [0.15, 0.2) is 0 Å². The Morgan fingerprint density at radius 3 is 2.34 bits per heavy atom. The highest BCUT2D eigenvalue weighted by Gasteiger charge is 2.36. The second-order valence-electron chi connectivity index (χ2n) is 8.17. The predicted octanol–water partition coefficient (Wildman–Crippen LogP) is 1.94. The van der Waals surface area contributed by atoms with Gasteiger partial charge in [-0.25, -0.2) is 4.98 Å². The van der Waals surface area contributed by atoms with Gasteiger partial charge in [0.2, 0.25) is 5.91 Å². The molecule has 1 aliphatic heterocycles. The normalized spacial score (nSPS) is 13.3. The largest absolute Gasteiger partial charge is 0.354 e. The van der Waals surface area contributed by atoms with E-state index in [9.17, 15) is 14.4 Å². The van der Waals surface area contributed by atoms with Gasteiger partial charge in [-0.15, -0.1) is 0 Å². The molecule has 166 valence electrons. The average Bonchev–Trinajstić information content (AvgIpc) is 3.24. The van der Waals surface area contributed by atoms with E-state index in [2.05, 4.69) is 34.9 Å². The molecule has 2 heterocycles. The minimum atomic E-state index is -0.427.